The molecule has 1 aliphatic carbocycles. The second-order valence-corrected chi connectivity index (χ2v) is 5.20. The molecule has 5 heteroatoms. The van der Waals surface area contributed by atoms with E-state index in [2.05, 4.69) is 27.7 Å². The van der Waals surface area contributed by atoms with Crippen LogP contribution >= 0.6 is 11.5 Å². The average molecular weight is 261 g/mol. The monoisotopic (exact) mass is 261 g/mol. The number of nitrogens with zero attached hydrogens (tertiary/aromatic N) is 2. The Morgan fingerprint density at radius 1 is 1.50 bits per heavy atom. The van der Waals surface area contributed by atoms with Crippen molar-refractivity contribution in [1.29, 1.82) is 0 Å². The van der Waals surface area contributed by atoms with E-state index in [0.29, 0.717) is 5.75 Å². The van der Waals surface area contributed by atoms with Crippen molar-refractivity contribution in [2.75, 3.05) is 5.32 Å². The van der Waals surface area contributed by atoms with Crippen molar-refractivity contribution in [1.82, 2.24) is 9.36 Å². The number of aromatic nitrogens is 2. The molecule has 0 amide bonds. The summed E-state index contributed by atoms with van der Waals surface area (Å²) in [7, 11) is 0. The number of aryl methyl sites for hydroxylation is 1. The summed E-state index contributed by atoms with van der Waals surface area (Å²) in [6.45, 7) is 2.05. The molecule has 0 bridgehead atoms. The number of rotatable bonds is 3. The van der Waals surface area contributed by atoms with Crippen LogP contribution in [0, 0.1) is 0 Å². The Labute approximate surface area is 110 Å². The molecule has 3 rings (SSSR count). The smallest absolute Gasteiger partial charge is 0.203 e. The summed E-state index contributed by atoms with van der Waals surface area (Å²) >= 11 is 1.41. The van der Waals surface area contributed by atoms with Crippen molar-refractivity contribution in [3.63, 3.8) is 0 Å². The lowest BCUT2D eigenvalue weighted by Crippen LogP contribution is -2.06. The van der Waals surface area contributed by atoms with Crippen LogP contribution in [0.3, 0.4) is 0 Å². The Morgan fingerprint density at radius 3 is 3.17 bits per heavy atom. The summed E-state index contributed by atoms with van der Waals surface area (Å²) in [4.78, 5) is 4.42. The van der Waals surface area contributed by atoms with E-state index in [-0.39, 0.29) is 6.04 Å². The van der Waals surface area contributed by atoms with Crippen LogP contribution in [-0.2, 0) is 12.8 Å². The van der Waals surface area contributed by atoms with Crippen LogP contribution in [0.25, 0.3) is 0 Å². The topological polar surface area (TPSA) is 58.0 Å². The number of hydrogen-bond acceptors (Lipinski definition) is 5. The highest BCUT2D eigenvalue weighted by atomic mass is 32.1. The molecule has 2 aromatic rings. The Bertz CT molecular complexity index is 567. The third-order valence-corrected chi connectivity index (χ3v) is 4.01. The second kappa shape index (κ2) is 4.57. The summed E-state index contributed by atoms with van der Waals surface area (Å²) in [5.41, 5.74) is 2.25. The van der Waals surface area contributed by atoms with E-state index >= 15 is 0 Å². The van der Waals surface area contributed by atoms with Crippen molar-refractivity contribution < 1.29 is 5.11 Å². The second-order valence-electron chi connectivity index (χ2n) is 4.45. The van der Waals surface area contributed by atoms with Gasteiger partial charge in [0.05, 0.1) is 6.04 Å². The van der Waals surface area contributed by atoms with Crippen LogP contribution in [0.4, 0.5) is 5.13 Å². The van der Waals surface area contributed by atoms with Crippen LogP contribution < -0.4 is 5.32 Å². The molecule has 1 atom stereocenters. The van der Waals surface area contributed by atoms with Crippen LogP contribution in [0.1, 0.15) is 36.3 Å². The van der Waals surface area contributed by atoms with Crippen molar-refractivity contribution >= 4 is 16.7 Å². The zero-order valence-electron chi connectivity index (χ0n) is 10.2. The summed E-state index contributed by atoms with van der Waals surface area (Å²) in [5, 5.41) is 14.1. The summed E-state index contributed by atoms with van der Waals surface area (Å²) in [6, 6.07) is 5.96. The molecule has 2 N–H and O–H groups in total. The van der Waals surface area contributed by atoms with E-state index in [1.54, 1.807) is 6.07 Å². The van der Waals surface area contributed by atoms with E-state index < -0.39 is 0 Å². The number of benzene rings is 1. The SMILES string of the molecule is CCc1nsc(NC2CCc3c(O)cccc32)n1. The van der Waals surface area contributed by atoms with Crippen LogP contribution in [0.5, 0.6) is 5.75 Å². The molecule has 18 heavy (non-hydrogen) atoms. The molecule has 1 aliphatic rings. The third kappa shape index (κ3) is 1.95. The third-order valence-electron chi connectivity index (χ3n) is 3.33. The van der Waals surface area contributed by atoms with Gasteiger partial charge in [0.15, 0.2) is 0 Å². The fraction of sp³-hybridized carbons (Fsp3) is 0.385. The fourth-order valence-corrected chi connectivity index (χ4v) is 3.09. The molecule has 0 fully saturated rings. The molecule has 1 aromatic carbocycles. The molecule has 0 saturated heterocycles. The molecule has 94 valence electrons. The summed E-state index contributed by atoms with van der Waals surface area (Å²) in [6.07, 6.45) is 2.77. The summed E-state index contributed by atoms with van der Waals surface area (Å²) in [5.74, 6) is 1.29. The molecule has 1 unspecified atom stereocenters. The van der Waals surface area contributed by atoms with Gasteiger partial charge in [-0.1, -0.05) is 19.1 Å². The highest BCUT2D eigenvalue weighted by molar-refractivity contribution is 7.09. The molecular formula is C13H15N3OS. The van der Waals surface area contributed by atoms with Gasteiger partial charge in [0, 0.05) is 18.0 Å². The van der Waals surface area contributed by atoms with Crippen molar-refractivity contribution in [2.45, 2.75) is 32.2 Å². The molecular weight excluding hydrogens is 246 g/mol. The van der Waals surface area contributed by atoms with E-state index in [4.69, 9.17) is 0 Å². The number of aromatic hydroxyl groups is 1. The van der Waals surface area contributed by atoms with Gasteiger partial charge in [-0.2, -0.15) is 4.37 Å². The zero-order chi connectivity index (χ0) is 12.5. The standard InChI is InChI=1S/C13H15N3OS/c1-2-12-15-13(18-16-12)14-10-7-6-9-8(10)4-3-5-11(9)17/h3-5,10,17H,2,6-7H2,1H3,(H,14,15,16). The molecule has 1 heterocycles. The van der Waals surface area contributed by atoms with Gasteiger partial charge in [-0.15, -0.1) is 0 Å². The highest BCUT2D eigenvalue weighted by Crippen LogP contribution is 2.38. The maximum Gasteiger partial charge on any atom is 0.203 e. The van der Waals surface area contributed by atoms with Crippen LogP contribution in [0.15, 0.2) is 18.2 Å². The minimum absolute atomic E-state index is 0.241. The van der Waals surface area contributed by atoms with Gasteiger partial charge in [0.1, 0.15) is 11.6 Å². The fourth-order valence-electron chi connectivity index (χ4n) is 2.39. The number of fused-ring (bicyclic) bond motifs is 1. The highest BCUT2D eigenvalue weighted by Gasteiger charge is 2.25. The van der Waals surface area contributed by atoms with E-state index in [0.717, 1.165) is 35.8 Å². The van der Waals surface area contributed by atoms with Crippen molar-refractivity contribution in [2.24, 2.45) is 0 Å². The summed E-state index contributed by atoms with van der Waals surface area (Å²) < 4.78 is 4.27. The lowest BCUT2D eigenvalue weighted by atomic mass is 10.1. The minimum Gasteiger partial charge on any atom is -0.508 e. The van der Waals surface area contributed by atoms with Crippen LogP contribution in [-0.4, -0.2) is 14.5 Å². The Hall–Kier alpha value is -1.62. The molecule has 0 saturated carbocycles. The Morgan fingerprint density at radius 2 is 2.39 bits per heavy atom. The van der Waals surface area contributed by atoms with E-state index in [9.17, 15) is 5.11 Å². The first kappa shape index (κ1) is 11.5. The zero-order valence-corrected chi connectivity index (χ0v) is 11.0. The lowest BCUT2D eigenvalue weighted by Gasteiger charge is -2.12. The van der Waals surface area contributed by atoms with Gasteiger partial charge in [0.2, 0.25) is 5.13 Å². The van der Waals surface area contributed by atoms with Gasteiger partial charge in [0.25, 0.3) is 0 Å². The average Bonchev–Trinajstić information content (AvgIpc) is 2.98. The largest absolute Gasteiger partial charge is 0.508 e. The number of hydrogen-bond donors (Lipinski definition) is 2. The maximum atomic E-state index is 9.80. The van der Waals surface area contributed by atoms with Gasteiger partial charge < -0.3 is 10.4 Å². The maximum absolute atomic E-state index is 9.80. The predicted molar refractivity (Wildman–Crippen MR) is 72.1 cm³/mol. The molecule has 4 nitrogen and oxygen atoms in total. The van der Waals surface area contributed by atoms with E-state index in [1.165, 1.54) is 17.1 Å². The number of phenolic OH excluding ortho intramolecular Hbond substituents is 1. The van der Waals surface area contributed by atoms with Gasteiger partial charge in [-0.05, 0) is 30.0 Å². The van der Waals surface area contributed by atoms with E-state index in [1.807, 2.05) is 6.07 Å². The van der Waals surface area contributed by atoms with Gasteiger partial charge >= 0.3 is 0 Å². The molecule has 0 radical (unpaired) electrons. The molecule has 0 spiro atoms. The predicted octanol–water partition coefficient (Wildman–Crippen LogP) is 2.91. The first-order valence-corrected chi connectivity index (χ1v) is 6.95. The number of anilines is 1. The minimum atomic E-state index is 0.241. The number of phenols is 1. The Balaban J connectivity index is 1.82. The quantitative estimate of drug-likeness (QED) is 0.892. The number of nitrogens with one attached hydrogen (secondary N) is 1. The van der Waals surface area contributed by atoms with Crippen molar-refractivity contribution in [3.8, 4) is 5.75 Å². The lowest BCUT2D eigenvalue weighted by molar-refractivity contribution is 0.469. The first-order chi connectivity index (χ1) is 8.78. The van der Waals surface area contributed by atoms with Gasteiger partial charge in [-0.25, -0.2) is 4.98 Å². The first-order valence-electron chi connectivity index (χ1n) is 6.17. The van der Waals surface area contributed by atoms with Gasteiger partial charge in [-0.3, -0.25) is 0 Å². The normalized spacial score (nSPS) is 17.7. The molecule has 1 aromatic heterocycles. The van der Waals surface area contributed by atoms with Crippen molar-refractivity contribution in [3.05, 3.63) is 35.2 Å². The Kier molecular flexibility index (Phi) is 2.91. The molecule has 0 aliphatic heterocycles. The van der Waals surface area contributed by atoms with Crippen LogP contribution in [0.2, 0.25) is 0 Å².